The van der Waals surface area contributed by atoms with Crippen LogP contribution in [-0.2, 0) is 12.8 Å². The van der Waals surface area contributed by atoms with Crippen molar-refractivity contribution in [2.75, 3.05) is 0 Å². The zero-order chi connectivity index (χ0) is 23.8. The molecule has 0 heterocycles. The van der Waals surface area contributed by atoms with E-state index in [1.54, 1.807) is 0 Å². The third-order valence-electron chi connectivity index (χ3n) is 7.88. The summed E-state index contributed by atoms with van der Waals surface area (Å²) in [5, 5.41) is 0. The number of fused-ring (bicyclic) bond motifs is 1. The molecule has 5 rings (SSSR count). The highest BCUT2D eigenvalue weighted by atomic mass is 14.4. The van der Waals surface area contributed by atoms with Gasteiger partial charge in [0.15, 0.2) is 0 Å². The fourth-order valence-electron chi connectivity index (χ4n) is 5.45. The molecular weight excluding hydrogens is 408 g/mol. The fraction of sp³-hybridized carbons (Fsp3) is 0.294. The van der Waals surface area contributed by atoms with Gasteiger partial charge in [-0.1, -0.05) is 105 Å². The summed E-state index contributed by atoms with van der Waals surface area (Å²) in [6.07, 6.45) is 9.06. The summed E-state index contributed by atoms with van der Waals surface area (Å²) < 4.78 is 0. The quantitative estimate of drug-likeness (QED) is 0.319. The molecule has 0 saturated heterocycles. The van der Waals surface area contributed by atoms with Crippen LogP contribution >= 0.6 is 0 Å². The summed E-state index contributed by atoms with van der Waals surface area (Å²) in [6.45, 7) is 15.1. The first kappa shape index (κ1) is 22.7. The van der Waals surface area contributed by atoms with Crippen molar-refractivity contribution in [1.29, 1.82) is 0 Å². The van der Waals surface area contributed by atoms with Crippen LogP contribution in [0.4, 0.5) is 0 Å². The number of allylic oxidation sites excluding steroid dienone is 3. The van der Waals surface area contributed by atoms with Gasteiger partial charge in [0.2, 0.25) is 0 Å². The molecule has 0 radical (unpaired) electrons. The summed E-state index contributed by atoms with van der Waals surface area (Å²) in [5.41, 5.74) is 13.6. The maximum atomic E-state index is 4.27. The van der Waals surface area contributed by atoms with Crippen LogP contribution in [0.25, 0.3) is 22.8 Å². The van der Waals surface area contributed by atoms with Crippen molar-refractivity contribution in [2.45, 2.75) is 52.4 Å². The molecule has 34 heavy (non-hydrogen) atoms. The van der Waals surface area contributed by atoms with Crippen LogP contribution in [0.15, 0.2) is 85.5 Å². The molecule has 0 N–H and O–H groups in total. The Morgan fingerprint density at radius 1 is 0.941 bits per heavy atom. The second-order valence-electron chi connectivity index (χ2n) is 10.7. The predicted molar refractivity (Wildman–Crippen MR) is 148 cm³/mol. The molecule has 2 aliphatic rings. The largest absolute Gasteiger partial charge is 0.0999 e. The molecule has 0 aromatic heterocycles. The maximum absolute atomic E-state index is 4.27. The van der Waals surface area contributed by atoms with E-state index in [0.29, 0.717) is 17.8 Å². The topological polar surface area (TPSA) is 0 Å². The first-order valence-electron chi connectivity index (χ1n) is 12.7. The standard InChI is InChI=1S/C34H36/c1-22(2)24(5)27-14-12-25(13-15-27)16-26-17-30(31-19-29(20-31)23(3)4)21-32(18-26)34-11-7-9-28-8-6-10-33(28)34/h6-7,9-15,17-18,21-22,29,31H,3,5,8,16,19-20H2,1-2,4H3. The third-order valence-corrected chi connectivity index (χ3v) is 7.88. The summed E-state index contributed by atoms with van der Waals surface area (Å²) in [5.74, 6) is 1.80. The fourth-order valence-corrected chi connectivity index (χ4v) is 5.45. The van der Waals surface area contributed by atoms with Gasteiger partial charge in [-0.3, -0.25) is 0 Å². The van der Waals surface area contributed by atoms with Crippen LogP contribution in [0, 0.1) is 11.8 Å². The molecule has 172 valence electrons. The summed E-state index contributed by atoms with van der Waals surface area (Å²) in [6, 6.07) is 23.1. The first-order valence-corrected chi connectivity index (χ1v) is 12.7. The molecule has 0 unspecified atom stereocenters. The van der Waals surface area contributed by atoms with Gasteiger partial charge in [-0.05, 0) is 100 Å². The zero-order valence-corrected chi connectivity index (χ0v) is 20.9. The normalized spacial score (nSPS) is 18.6. The average Bonchev–Trinajstić information content (AvgIpc) is 3.27. The molecule has 0 nitrogen and oxygen atoms in total. The average molecular weight is 445 g/mol. The molecule has 0 amide bonds. The Hall–Kier alpha value is -3.12. The van der Waals surface area contributed by atoms with E-state index in [4.69, 9.17) is 0 Å². The molecular formula is C34H36. The van der Waals surface area contributed by atoms with Crippen LogP contribution in [0.1, 0.15) is 72.9 Å². The van der Waals surface area contributed by atoms with Crippen LogP contribution in [-0.4, -0.2) is 0 Å². The molecule has 0 aliphatic heterocycles. The van der Waals surface area contributed by atoms with Crippen molar-refractivity contribution < 1.29 is 0 Å². The zero-order valence-electron chi connectivity index (χ0n) is 20.9. The minimum absolute atomic E-state index is 0.470. The summed E-state index contributed by atoms with van der Waals surface area (Å²) in [4.78, 5) is 0. The molecule has 3 aromatic rings. The predicted octanol–water partition coefficient (Wildman–Crippen LogP) is 9.25. The number of rotatable bonds is 7. The second kappa shape index (κ2) is 9.26. The van der Waals surface area contributed by atoms with Gasteiger partial charge in [0.05, 0.1) is 0 Å². The Bertz CT molecular complexity index is 1260. The van der Waals surface area contributed by atoms with Gasteiger partial charge >= 0.3 is 0 Å². The van der Waals surface area contributed by atoms with Gasteiger partial charge < -0.3 is 0 Å². The Morgan fingerprint density at radius 3 is 2.41 bits per heavy atom. The smallest absolute Gasteiger partial charge is 0.00254 e. The Morgan fingerprint density at radius 2 is 1.71 bits per heavy atom. The van der Waals surface area contributed by atoms with Crippen molar-refractivity contribution >= 4 is 11.6 Å². The van der Waals surface area contributed by atoms with Gasteiger partial charge in [-0.2, -0.15) is 0 Å². The van der Waals surface area contributed by atoms with E-state index in [-0.39, 0.29) is 0 Å². The minimum Gasteiger partial charge on any atom is -0.0999 e. The SMILES string of the molecule is C=C(c1ccc(Cc2cc(-c3cccc4c3C=CC4)cc(C3CC(C(=C)C)C3)c2)cc1)C(C)C. The first-order chi connectivity index (χ1) is 16.4. The molecule has 0 atom stereocenters. The van der Waals surface area contributed by atoms with Crippen LogP contribution in [0.3, 0.4) is 0 Å². The molecule has 0 spiro atoms. The van der Waals surface area contributed by atoms with E-state index in [9.17, 15) is 0 Å². The van der Waals surface area contributed by atoms with Gasteiger partial charge in [-0.25, -0.2) is 0 Å². The van der Waals surface area contributed by atoms with Gasteiger partial charge in [0.1, 0.15) is 0 Å². The van der Waals surface area contributed by atoms with Gasteiger partial charge in [0.25, 0.3) is 0 Å². The Labute approximate surface area is 205 Å². The lowest BCUT2D eigenvalue weighted by Gasteiger charge is -2.36. The van der Waals surface area contributed by atoms with Crippen molar-refractivity contribution in [2.24, 2.45) is 11.8 Å². The molecule has 1 fully saturated rings. The summed E-state index contributed by atoms with van der Waals surface area (Å²) in [7, 11) is 0. The highest BCUT2D eigenvalue weighted by molar-refractivity contribution is 5.80. The molecule has 1 saturated carbocycles. The highest BCUT2D eigenvalue weighted by Crippen LogP contribution is 2.46. The van der Waals surface area contributed by atoms with Crippen molar-refractivity contribution in [3.8, 4) is 11.1 Å². The van der Waals surface area contributed by atoms with E-state index in [2.05, 4.69) is 107 Å². The van der Waals surface area contributed by atoms with E-state index >= 15 is 0 Å². The van der Waals surface area contributed by atoms with Gasteiger partial charge in [0, 0.05) is 0 Å². The molecule has 2 aliphatic carbocycles. The van der Waals surface area contributed by atoms with E-state index in [1.165, 1.54) is 68.5 Å². The van der Waals surface area contributed by atoms with Crippen LogP contribution in [0.2, 0.25) is 0 Å². The minimum atomic E-state index is 0.470. The van der Waals surface area contributed by atoms with E-state index in [1.807, 2.05) is 0 Å². The van der Waals surface area contributed by atoms with Crippen molar-refractivity contribution in [3.63, 3.8) is 0 Å². The Kier molecular flexibility index (Phi) is 6.17. The molecule has 3 aromatic carbocycles. The van der Waals surface area contributed by atoms with E-state index in [0.717, 1.165) is 12.8 Å². The lowest BCUT2D eigenvalue weighted by atomic mass is 9.68. The lowest BCUT2D eigenvalue weighted by molar-refractivity contribution is 0.308. The van der Waals surface area contributed by atoms with Crippen LogP contribution in [0.5, 0.6) is 0 Å². The lowest BCUT2D eigenvalue weighted by Crippen LogP contribution is -2.22. The van der Waals surface area contributed by atoms with E-state index < -0.39 is 0 Å². The third kappa shape index (κ3) is 4.47. The number of hydrogen-bond acceptors (Lipinski definition) is 0. The van der Waals surface area contributed by atoms with Gasteiger partial charge in [-0.15, -0.1) is 0 Å². The molecule has 0 bridgehead atoms. The summed E-state index contributed by atoms with van der Waals surface area (Å²) >= 11 is 0. The maximum Gasteiger partial charge on any atom is -0.00254 e. The number of benzene rings is 3. The highest BCUT2D eigenvalue weighted by Gasteiger charge is 2.31. The van der Waals surface area contributed by atoms with Crippen LogP contribution < -0.4 is 0 Å². The monoisotopic (exact) mass is 444 g/mol. The van der Waals surface area contributed by atoms with Crippen molar-refractivity contribution in [3.05, 3.63) is 119 Å². The Balaban J connectivity index is 1.48. The van der Waals surface area contributed by atoms with Crippen molar-refractivity contribution in [1.82, 2.24) is 0 Å². The second-order valence-corrected chi connectivity index (χ2v) is 10.7. The molecule has 0 heteroatoms. The number of hydrogen-bond donors (Lipinski definition) is 0.